The molecule has 0 fully saturated rings. The molecule has 2 aromatic rings. The van der Waals surface area contributed by atoms with Gasteiger partial charge in [-0.2, -0.15) is 0 Å². The zero-order valence-corrected chi connectivity index (χ0v) is 12.5. The summed E-state index contributed by atoms with van der Waals surface area (Å²) in [6.07, 6.45) is 2.53. The second-order valence-electron chi connectivity index (χ2n) is 4.42. The number of amides is 1. The fraction of sp³-hybridized carbons (Fsp3) is 0.176. The Balaban J connectivity index is 1.91. The third-order valence-electron chi connectivity index (χ3n) is 2.93. The van der Waals surface area contributed by atoms with Crippen LogP contribution < -0.4 is 4.90 Å². The van der Waals surface area contributed by atoms with Crippen LogP contribution in [-0.4, -0.2) is 17.9 Å². The first-order valence-electron chi connectivity index (χ1n) is 6.59. The Morgan fingerprint density at radius 2 is 2.00 bits per heavy atom. The van der Waals surface area contributed by atoms with Gasteiger partial charge in [0.05, 0.1) is 10.7 Å². The highest BCUT2D eigenvalue weighted by Gasteiger charge is 2.12. The number of hydrogen-bond donors (Lipinski definition) is 0. The molecule has 3 nitrogen and oxygen atoms in total. The van der Waals surface area contributed by atoms with E-state index in [9.17, 15) is 4.79 Å². The Morgan fingerprint density at radius 3 is 2.71 bits per heavy atom. The highest BCUT2D eigenvalue weighted by Crippen LogP contribution is 2.24. The van der Waals surface area contributed by atoms with E-state index in [-0.39, 0.29) is 5.91 Å². The summed E-state index contributed by atoms with van der Waals surface area (Å²) in [4.78, 5) is 17.8. The van der Waals surface area contributed by atoms with Gasteiger partial charge in [0.15, 0.2) is 0 Å². The molecule has 0 aliphatic carbocycles. The molecule has 0 spiro atoms. The summed E-state index contributed by atoms with van der Waals surface area (Å²) >= 11 is 6.07. The van der Waals surface area contributed by atoms with Crippen LogP contribution >= 0.6 is 11.6 Å². The van der Waals surface area contributed by atoms with Gasteiger partial charge < -0.3 is 4.90 Å². The Bertz CT molecular complexity index is 674. The summed E-state index contributed by atoms with van der Waals surface area (Å²) in [5, 5.41) is 0.563. The molecular formula is C17H15ClN2O. The maximum Gasteiger partial charge on any atom is 0.227 e. The molecule has 0 unspecified atom stereocenters. The number of halogens is 1. The number of nitrogens with zero attached hydrogens (tertiary/aromatic N) is 2. The average Bonchev–Trinajstić information content (AvgIpc) is 2.52. The third-order valence-corrected chi connectivity index (χ3v) is 3.25. The molecule has 0 aliphatic rings. The van der Waals surface area contributed by atoms with Gasteiger partial charge in [-0.1, -0.05) is 35.7 Å². The van der Waals surface area contributed by atoms with E-state index in [1.165, 1.54) is 0 Å². The van der Waals surface area contributed by atoms with Crippen LogP contribution in [0.4, 0.5) is 5.69 Å². The van der Waals surface area contributed by atoms with Crippen LogP contribution in [0.2, 0.25) is 5.02 Å². The second-order valence-corrected chi connectivity index (χ2v) is 4.83. The van der Waals surface area contributed by atoms with Gasteiger partial charge in [-0.15, -0.1) is 0 Å². The van der Waals surface area contributed by atoms with Crippen molar-refractivity contribution in [3.63, 3.8) is 0 Å². The molecular weight excluding hydrogens is 284 g/mol. The van der Waals surface area contributed by atoms with Crippen molar-refractivity contribution in [1.29, 1.82) is 0 Å². The van der Waals surface area contributed by atoms with Gasteiger partial charge in [-0.25, -0.2) is 4.98 Å². The molecule has 0 N–H and O–H groups in total. The van der Waals surface area contributed by atoms with E-state index in [1.54, 1.807) is 24.2 Å². The highest BCUT2D eigenvalue weighted by atomic mass is 35.5. The Kier molecular flexibility index (Phi) is 5.36. The van der Waals surface area contributed by atoms with Crippen LogP contribution in [-0.2, 0) is 4.79 Å². The monoisotopic (exact) mass is 298 g/mol. The number of rotatable bonds is 3. The van der Waals surface area contributed by atoms with Crippen LogP contribution in [0.15, 0.2) is 48.7 Å². The Hall–Kier alpha value is -2.31. The van der Waals surface area contributed by atoms with Gasteiger partial charge in [0.25, 0.3) is 0 Å². The van der Waals surface area contributed by atoms with Gasteiger partial charge in [0, 0.05) is 26.1 Å². The first-order chi connectivity index (χ1) is 10.2. The minimum atomic E-state index is -0.0154. The average molecular weight is 299 g/mol. The number of carbonyl (C=O) groups is 1. The minimum Gasteiger partial charge on any atom is -0.314 e. The fourth-order valence-corrected chi connectivity index (χ4v) is 2.05. The molecule has 0 atom stereocenters. The SMILES string of the molecule is CN(C(=O)CCC#Cc1ccccn1)c1ccccc1Cl. The van der Waals surface area contributed by atoms with Gasteiger partial charge in [0.2, 0.25) is 5.91 Å². The van der Waals surface area contributed by atoms with Crippen molar-refractivity contribution in [2.45, 2.75) is 12.8 Å². The van der Waals surface area contributed by atoms with Crippen molar-refractivity contribution in [1.82, 2.24) is 4.98 Å². The molecule has 0 radical (unpaired) electrons. The molecule has 106 valence electrons. The number of benzene rings is 1. The van der Waals surface area contributed by atoms with Crippen LogP contribution in [0.1, 0.15) is 18.5 Å². The van der Waals surface area contributed by atoms with Crippen LogP contribution in [0.5, 0.6) is 0 Å². The fourth-order valence-electron chi connectivity index (χ4n) is 1.78. The zero-order chi connectivity index (χ0) is 15.1. The Morgan fingerprint density at radius 1 is 1.24 bits per heavy atom. The molecule has 2 rings (SSSR count). The number of hydrogen-bond acceptors (Lipinski definition) is 2. The molecule has 0 saturated heterocycles. The molecule has 21 heavy (non-hydrogen) atoms. The first-order valence-corrected chi connectivity index (χ1v) is 6.97. The molecule has 1 aromatic carbocycles. The van der Waals surface area contributed by atoms with E-state index in [0.29, 0.717) is 29.2 Å². The normalized spacial score (nSPS) is 9.62. The van der Waals surface area contributed by atoms with Crippen LogP contribution in [0, 0.1) is 11.8 Å². The molecule has 0 aliphatic heterocycles. The summed E-state index contributed by atoms with van der Waals surface area (Å²) in [7, 11) is 1.72. The van der Waals surface area contributed by atoms with Gasteiger partial charge >= 0.3 is 0 Å². The van der Waals surface area contributed by atoms with Crippen LogP contribution in [0.3, 0.4) is 0 Å². The predicted molar refractivity (Wildman–Crippen MR) is 85.2 cm³/mol. The molecule has 1 amide bonds. The van der Waals surface area contributed by atoms with Crippen molar-refractivity contribution >= 4 is 23.2 Å². The quantitative estimate of drug-likeness (QED) is 0.812. The summed E-state index contributed by atoms with van der Waals surface area (Å²) in [5.41, 5.74) is 1.42. The minimum absolute atomic E-state index is 0.0154. The van der Waals surface area contributed by atoms with E-state index in [0.717, 1.165) is 0 Å². The van der Waals surface area contributed by atoms with E-state index >= 15 is 0 Å². The molecule has 4 heteroatoms. The lowest BCUT2D eigenvalue weighted by atomic mass is 10.2. The van der Waals surface area contributed by atoms with Crippen molar-refractivity contribution in [3.8, 4) is 11.8 Å². The van der Waals surface area contributed by atoms with Gasteiger partial charge in [0.1, 0.15) is 5.69 Å². The predicted octanol–water partition coefficient (Wildman–Crippen LogP) is 3.53. The molecule has 1 heterocycles. The lowest BCUT2D eigenvalue weighted by Gasteiger charge is -2.17. The second kappa shape index (κ2) is 7.47. The van der Waals surface area contributed by atoms with E-state index in [4.69, 9.17) is 11.6 Å². The maximum absolute atomic E-state index is 12.1. The van der Waals surface area contributed by atoms with Gasteiger partial charge in [-0.3, -0.25) is 4.79 Å². The largest absolute Gasteiger partial charge is 0.314 e. The zero-order valence-electron chi connectivity index (χ0n) is 11.7. The summed E-state index contributed by atoms with van der Waals surface area (Å²) in [5.74, 6) is 5.88. The van der Waals surface area contributed by atoms with E-state index in [1.807, 2.05) is 36.4 Å². The lowest BCUT2D eigenvalue weighted by Crippen LogP contribution is -2.25. The smallest absolute Gasteiger partial charge is 0.227 e. The van der Waals surface area contributed by atoms with Crippen LogP contribution in [0.25, 0.3) is 0 Å². The number of aromatic nitrogens is 1. The number of anilines is 1. The highest BCUT2D eigenvalue weighted by molar-refractivity contribution is 6.33. The third kappa shape index (κ3) is 4.34. The van der Waals surface area contributed by atoms with Crippen molar-refractivity contribution in [2.24, 2.45) is 0 Å². The number of pyridine rings is 1. The number of para-hydroxylation sites is 1. The summed E-state index contributed by atoms with van der Waals surface area (Å²) in [6, 6.07) is 12.8. The first kappa shape index (κ1) is 15.1. The van der Waals surface area contributed by atoms with Crippen molar-refractivity contribution in [2.75, 3.05) is 11.9 Å². The lowest BCUT2D eigenvalue weighted by molar-refractivity contribution is -0.118. The topological polar surface area (TPSA) is 33.2 Å². The maximum atomic E-state index is 12.1. The van der Waals surface area contributed by atoms with Crippen molar-refractivity contribution < 1.29 is 4.79 Å². The molecule has 0 saturated carbocycles. The van der Waals surface area contributed by atoms with E-state index in [2.05, 4.69) is 16.8 Å². The van der Waals surface area contributed by atoms with E-state index < -0.39 is 0 Å². The van der Waals surface area contributed by atoms with Gasteiger partial charge in [-0.05, 0) is 30.2 Å². The molecule has 0 bridgehead atoms. The summed E-state index contributed by atoms with van der Waals surface area (Å²) in [6.45, 7) is 0. The number of carbonyl (C=O) groups excluding carboxylic acids is 1. The molecule has 1 aromatic heterocycles. The standard InChI is InChI=1S/C17H15ClN2O/c1-20(16-11-4-3-10-15(16)18)17(21)12-5-2-8-14-9-6-7-13-19-14/h3-4,6-7,9-11,13H,5,12H2,1H3. The Labute approximate surface area is 129 Å². The van der Waals surface area contributed by atoms with Crippen molar-refractivity contribution in [3.05, 3.63) is 59.4 Å². The summed E-state index contributed by atoms with van der Waals surface area (Å²) < 4.78 is 0.